The van der Waals surface area contributed by atoms with Crippen LogP contribution in [-0.4, -0.2) is 35.3 Å². The summed E-state index contributed by atoms with van der Waals surface area (Å²) in [5.41, 5.74) is 2.96. The minimum atomic E-state index is -0.929. The second-order valence-corrected chi connectivity index (χ2v) is 6.26. The summed E-state index contributed by atoms with van der Waals surface area (Å²) < 4.78 is 5.24. The minimum absolute atomic E-state index is 0.123. The Kier molecular flexibility index (Phi) is 6.33. The number of aromatic nitrogens is 1. The highest BCUT2D eigenvalue weighted by molar-refractivity contribution is 6.01. The number of Topliss-reactive ketones (excluding diaryl/α,β-unsaturated/α-hetero) is 1. The second kappa shape index (κ2) is 8.47. The van der Waals surface area contributed by atoms with Crippen LogP contribution in [0.25, 0.3) is 0 Å². The van der Waals surface area contributed by atoms with Crippen LogP contribution >= 0.6 is 0 Å². The molecule has 2 aromatic rings. The Morgan fingerprint density at radius 3 is 2.38 bits per heavy atom. The van der Waals surface area contributed by atoms with Crippen LogP contribution in [-0.2, 0) is 16.0 Å². The first-order valence-corrected chi connectivity index (χ1v) is 8.54. The molecule has 0 spiro atoms. The molecule has 1 aromatic heterocycles. The molecule has 0 fully saturated rings. The molecule has 0 aliphatic rings. The molecule has 1 heterocycles. The van der Waals surface area contributed by atoms with E-state index in [9.17, 15) is 14.4 Å². The first-order valence-electron chi connectivity index (χ1n) is 8.54. The SMILES string of the molecule is CC(=O)c1c(C)[nH]c(C(=O)OC(C)C(=O)NCCc2ccccc2)c1C. The van der Waals surface area contributed by atoms with Crippen molar-refractivity contribution >= 4 is 17.7 Å². The fraction of sp³-hybridized carbons (Fsp3) is 0.350. The average molecular weight is 356 g/mol. The first kappa shape index (κ1) is 19.4. The summed E-state index contributed by atoms with van der Waals surface area (Å²) in [7, 11) is 0. The van der Waals surface area contributed by atoms with Crippen molar-refractivity contribution in [2.45, 2.75) is 40.2 Å². The molecule has 0 aliphatic heterocycles. The van der Waals surface area contributed by atoms with E-state index < -0.39 is 12.1 Å². The van der Waals surface area contributed by atoms with Gasteiger partial charge in [-0.3, -0.25) is 9.59 Å². The fourth-order valence-electron chi connectivity index (χ4n) is 2.87. The Labute approximate surface area is 152 Å². The van der Waals surface area contributed by atoms with Gasteiger partial charge in [0.05, 0.1) is 0 Å². The summed E-state index contributed by atoms with van der Waals surface area (Å²) in [5.74, 6) is -1.13. The third-order valence-electron chi connectivity index (χ3n) is 4.20. The Hall–Kier alpha value is -2.89. The number of aryl methyl sites for hydroxylation is 1. The molecule has 2 N–H and O–H groups in total. The van der Waals surface area contributed by atoms with Crippen LogP contribution in [0.5, 0.6) is 0 Å². The third kappa shape index (κ3) is 4.59. The lowest BCUT2D eigenvalue weighted by Crippen LogP contribution is -2.37. The number of carbonyl (C=O) groups is 3. The molecular formula is C20H24N2O4. The molecular weight excluding hydrogens is 332 g/mol. The molecule has 0 saturated heterocycles. The highest BCUT2D eigenvalue weighted by atomic mass is 16.5. The largest absolute Gasteiger partial charge is 0.448 e. The summed E-state index contributed by atoms with van der Waals surface area (Å²) in [6, 6.07) is 9.79. The van der Waals surface area contributed by atoms with Crippen LogP contribution in [0.15, 0.2) is 30.3 Å². The molecule has 1 atom stereocenters. The number of ketones is 1. The molecule has 26 heavy (non-hydrogen) atoms. The van der Waals surface area contributed by atoms with Gasteiger partial charge in [-0.15, -0.1) is 0 Å². The maximum atomic E-state index is 12.3. The number of aromatic amines is 1. The zero-order chi connectivity index (χ0) is 19.3. The number of amides is 1. The van der Waals surface area contributed by atoms with E-state index in [4.69, 9.17) is 4.74 Å². The standard InChI is InChI=1S/C20H24N2O4/c1-12-17(14(3)23)13(2)22-18(12)20(25)26-15(4)19(24)21-11-10-16-8-6-5-7-9-16/h5-9,15,22H,10-11H2,1-4H3,(H,21,24). The van der Waals surface area contributed by atoms with Crippen molar-refractivity contribution in [3.05, 3.63) is 58.4 Å². The predicted molar refractivity (Wildman–Crippen MR) is 98.3 cm³/mol. The van der Waals surface area contributed by atoms with Crippen molar-refractivity contribution in [2.24, 2.45) is 0 Å². The summed E-state index contributed by atoms with van der Waals surface area (Å²) in [6.07, 6.45) is -0.230. The quantitative estimate of drug-likeness (QED) is 0.590. The Bertz CT molecular complexity index is 809. The molecule has 6 nitrogen and oxygen atoms in total. The zero-order valence-electron chi connectivity index (χ0n) is 15.5. The molecule has 6 heteroatoms. The van der Waals surface area contributed by atoms with Gasteiger partial charge in [0.2, 0.25) is 0 Å². The number of esters is 1. The van der Waals surface area contributed by atoms with Gasteiger partial charge in [-0.05, 0) is 45.2 Å². The fourth-order valence-corrected chi connectivity index (χ4v) is 2.87. The van der Waals surface area contributed by atoms with Crippen LogP contribution < -0.4 is 5.32 Å². The molecule has 1 amide bonds. The van der Waals surface area contributed by atoms with E-state index in [0.717, 1.165) is 5.56 Å². The maximum absolute atomic E-state index is 12.3. The van der Waals surface area contributed by atoms with E-state index in [1.165, 1.54) is 13.8 Å². The van der Waals surface area contributed by atoms with Gasteiger partial charge in [0.15, 0.2) is 11.9 Å². The zero-order valence-corrected chi connectivity index (χ0v) is 15.5. The third-order valence-corrected chi connectivity index (χ3v) is 4.20. The van der Waals surface area contributed by atoms with Gasteiger partial charge in [-0.2, -0.15) is 0 Å². The maximum Gasteiger partial charge on any atom is 0.355 e. The van der Waals surface area contributed by atoms with Crippen molar-refractivity contribution in [3.8, 4) is 0 Å². The van der Waals surface area contributed by atoms with Crippen LogP contribution in [0.1, 0.15) is 51.5 Å². The van der Waals surface area contributed by atoms with E-state index in [1.807, 2.05) is 30.3 Å². The lowest BCUT2D eigenvalue weighted by molar-refractivity contribution is -0.129. The molecule has 0 radical (unpaired) electrons. The molecule has 0 bridgehead atoms. The molecule has 138 valence electrons. The topological polar surface area (TPSA) is 88.3 Å². The summed E-state index contributed by atoms with van der Waals surface area (Å²) in [6.45, 7) is 6.83. The van der Waals surface area contributed by atoms with Gasteiger partial charge in [0, 0.05) is 17.8 Å². The number of benzene rings is 1. The van der Waals surface area contributed by atoms with Crippen LogP contribution in [0.2, 0.25) is 0 Å². The molecule has 1 aromatic carbocycles. The average Bonchev–Trinajstić information content (AvgIpc) is 2.90. The van der Waals surface area contributed by atoms with Crippen molar-refractivity contribution in [2.75, 3.05) is 6.54 Å². The number of ether oxygens (including phenoxy) is 1. The van der Waals surface area contributed by atoms with Crippen LogP contribution in [0.3, 0.4) is 0 Å². The Balaban J connectivity index is 1.91. The Morgan fingerprint density at radius 2 is 1.81 bits per heavy atom. The normalized spacial score (nSPS) is 11.7. The van der Waals surface area contributed by atoms with E-state index in [0.29, 0.717) is 29.8 Å². The van der Waals surface area contributed by atoms with Gasteiger partial charge < -0.3 is 15.0 Å². The lowest BCUT2D eigenvalue weighted by atomic mass is 10.1. The van der Waals surface area contributed by atoms with Crippen molar-refractivity contribution in [3.63, 3.8) is 0 Å². The minimum Gasteiger partial charge on any atom is -0.448 e. The van der Waals surface area contributed by atoms with Crippen molar-refractivity contribution < 1.29 is 19.1 Å². The van der Waals surface area contributed by atoms with Crippen molar-refractivity contribution in [1.82, 2.24) is 10.3 Å². The van der Waals surface area contributed by atoms with Gasteiger partial charge in [-0.1, -0.05) is 30.3 Å². The van der Waals surface area contributed by atoms with Gasteiger partial charge in [0.1, 0.15) is 5.69 Å². The summed E-state index contributed by atoms with van der Waals surface area (Å²) in [4.78, 5) is 39.0. The summed E-state index contributed by atoms with van der Waals surface area (Å²) >= 11 is 0. The van der Waals surface area contributed by atoms with E-state index >= 15 is 0 Å². The summed E-state index contributed by atoms with van der Waals surface area (Å²) in [5, 5.41) is 2.76. The highest BCUT2D eigenvalue weighted by Crippen LogP contribution is 2.19. The van der Waals surface area contributed by atoms with Crippen molar-refractivity contribution in [1.29, 1.82) is 0 Å². The lowest BCUT2D eigenvalue weighted by Gasteiger charge is -2.13. The number of carbonyl (C=O) groups excluding carboxylic acids is 3. The van der Waals surface area contributed by atoms with Gasteiger partial charge in [0.25, 0.3) is 5.91 Å². The highest BCUT2D eigenvalue weighted by Gasteiger charge is 2.24. The van der Waals surface area contributed by atoms with E-state index in [1.54, 1.807) is 13.8 Å². The molecule has 1 unspecified atom stereocenters. The molecule has 2 rings (SSSR count). The first-order chi connectivity index (χ1) is 12.3. The van der Waals surface area contributed by atoms with Gasteiger partial charge >= 0.3 is 5.97 Å². The molecule has 0 aliphatic carbocycles. The number of nitrogens with one attached hydrogen (secondary N) is 2. The molecule has 0 saturated carbocycles. The van der Waals surface area contributed by atoms with E-state index in [2.05, 4.69) is 10.3 Å². The van der Waals surface area contributed by atoms with Crippen LogP contribution in [0.4, 0.5) is 0 Å². The van der Waals surface area contributed by atoms with Crippen LogP contribution in [0, 0.1) is 13.8 Å². The Morgan fingerprint density at radius 1 is 1.15 bits per heavy atom. The predicted octanol–water partition coefficient (Wildman–Crippen LogP) is 2.74. The smallest absolute Gasteiger partial charge is 0.355 e. The number of rotatable bonds is 7. The van der Waals surface area contributed by atoms with E-state index in [-0.39, 0.29) is 17.4 Å². The number of hydrogen-bond acceptors (Lipinski definition) is 4. The monoisotopic (exact) mass is 356 g/mol. The number of H-pyrrole nitrogens is 1. The van der Waals surface area contributed by atoms with Gasteiger partial charge in [-0.25, -0.2) is 4.79 Å². The second-order valence-electron chi connectivity index (χ2n) is 6.26. The number of hydrogen-bond donors (Lipinski definition) is 2.